The van der Waals surface area contributed by atoms with Crippen LogP contribution in [-0.4, -0.2) is 79.3 Å². The maximum atomic E-state index is 13.7. The normalized spacial score (nSPS) is 16.1. The third kappa shape index (κ3) is 17.2. The van der Waals surface area contributed by atoms with Gasteiger partial charge < -0.3 is 40.8 Å². The minimum Gasteiger partial charge on any atom is -0.463 e. The van der Waals surface area contributed by atoms with E-state index in [9.17, 15) is 28.8 Å². The second kappa shape index (κ2) is 21.5. The van der Waals surface area contributed by atoms with Crippen molar-refractivity contribution in [2.75, 3.05) is 19.7 Å². The standard InChI is InChI=1S/C36H55N5O9/c1-7-48-30(42)17-16-27(22-26-18-20-37-31(26)43)39-33(45)29(21-24(2)3)40-32(44)28(15-11-12-19-38-34(46)50-36(4,5)6)41-35(47)49-23-25-13-9-8-10-14-25/h8-10,13-14,16-17,24,26-29H,7,11-12,15,18-23H2,1-6H3,(H,37,43)(H,38,46)(H,39,45)(H,40,44)(H,41,47)/t26-,27+,28-,29-/m0/s1. The first-order valence-electron chi connectivity index (χ1n) is 17.3. The lowest BCUT2D eigenvalue weighted by Gasteiger charge is -2.26. The van der Waals surface area contributed by atoms with E-state index >= 15 is 0 Å². The molecule has 1 aliphatic rings. The van der Waals surface area contributed by atoms with Crippen molar-refractivity contribution in [3.05, 3.63) is 48.0 Å². The van der Waals surface area contributed by atoms with Crippen LogP contribution in [0, 0.1) is 11.8 Å². The number of carbonyl (C=O) groups is 6. The summed E-state index contributed by atoms with van der Waals surface area (Å²) in [6, 6.07) is 6.36. The first-order valence-corrected chi connectivity index (χ1v) is 17.3. The van der Waals surface area contributed by atoms with Gasteiger partial charge in [0.1, 0.15) is 24.3 Å². The maximum absolute atomic E-state index is 13.7. The topological polar surface area (TPSA) is 190 Å². The molecule has 1 aromatic rings. The van der Waals surface area contributed by atoms with Gasteiger partial charge in [-0.25, -0.2) is 14.4 Å². The lowest BCUT2D eigenvalue weighted by Crippen LogP contribution is -2.55. The highest BCUT2D eigenvalue weighted by molar-refractivity contribution is 5.91. The molecule has 1 fully saturated rings. The van der Waals surface area contributed by atoms with Crippen LogP contribution in [0.4, 0.5) is 9.59 Å². The highest BCUT2D eigenvalue weighted by Crippen LogP contribution is 2.18. The van der Waals surface area contributed by atoms with Crippen molar-refractivity contribution in [2.45, 2.75) is 110 Å². The molecule has 4 atom stereocenters. The molecule has 14 nitrogen and oxygen atoms in total. The molecular weight excluding hydrogens is 646 g/mol. The molecule has 0 unspecified atom stereocenters. The highest BCUT2D eigenvalue weighted by Gasteiger charge is 2.31. The molecule has 0 aromatic heterocycles. The Labute approximate surface area is 295 Å². The zero-order chi connectivity index (χ0) is 37.1. The number of esters is 1. The van der Waals surface area contributed by atoms with E-state index in [1.54, 1.807) is 39.8 Å². The summed E-state index contributed by atoms with van der Waals surface area (Å²) in [6.45, 7) is 11.8. The van der Waals surface area contributed by atoms with Gasteiger partial charge in [-0.1, -0.05) is 50.3 Å². The van der Waals surface area contributed by atoms with Crippen molar-refractivity contribution >= 4 is 35.9 Å². The molecule has 1 saturated heterocycles. The summed E-state index contributed by atoms with van der Waals surface area (Å²) in [7, 11) is 0. The van der Waals surface area contributed by atoms with Gasteiger partial charge in [-0.15, -0.1) is 0 Å². The molecule has 0 saturated carbocycles. The zero-order valence-corrected chi connectivity index (χ0v) is 30.2. The third-order valence-corrected chi connectivity index (χ3v) is 7.53. The fourth-order valence-corrected chi connectivity index (χ4v) is 5.16. The van der Waals surface area contributed by atoms with Gasteiger partial charge in [-0.2, -0.15) is 0 Å². The molecule has 5 amide bonds. The predicted molar refractivity (Wildman–Crippen MR) is 186 cm³/mol. The molecule has 5 N–H and O–H groups in total. The predicted octanol–water partition coefficient (Wildman–Crippen LogP) is 3.64. The Morgan fingerprint density at radius 1 is 0.940 bits per heavy atom. The molecule has 14 heteroatoms. The molecule has 1 heterocycles. The van der Waals surface area contributed by atoms with Gasteiger partial charge in [0.05, 0.1) is 6.61 Å². The van der Waals surface area contributed by atoms with E-state index in [2.05, 4.69) is 26.6 Å². The Kier molecular flexibility index (Phi) is 17.8. The summed E-state index contributed by atoms with van der Waals surface area (Å²) >= 11 is 0. The molecule has 50 heavy (non-hydrogen) atoms. The largest absolute Gasteiger partial charge is 0.463 e. The summed E-state index contributed by atoms with van der Waals surface area (Å²) in [6.07, 6.45) is 3.60. The Hall–Kier alpha value is -4.62. The molecule has 0 spiro atoms. The fourth-order valence-electron chi connectivity index (χ4n) is 5.16. The summed E-state index contributed by atoms with van der Waals surface area (Å²) in [5.41, 5.74) is 0.130. The van der Waals surface area contributed by atoms with Gasteiger partial charge in [-0.3, -0.25) is 14.4 Å². The maximum Gasteiger partial charge on any atom is 0.408 e. The van der Waals surface area contributed by atoms with Crippen LogP contribution in [-0.2, 0) is 40.0 Å². The number of amides is 5. The number of hydrogen-bond donors (Lipinski definition) is 5. The van der Waals surface area contributed by atoms with Crippen LogP contribution in [0.3, 0.4) is 0 Å². The average Bonchev–Trinajstić information content (AvgIpc) is 3.44. The molecule has 0 bridgehead atoms. The Bertz CT molecular complexity index is 1300. The van der Waals surface area contributed by atoms with Crippen molar-refractivity contribution in [3.63, 3.8) is 0 Å². The van der Waals surface area contributed by atoms with Gasteiger partial charge in [0.2, 0.25) is 17.7 Å². The average molecular weight is 702 g/mol. The number of nitrogens with one attached hydrogen (secondary N) is 5. The van der Waals surface area contributed by atoms with Crippen LogP contribution in [0.2, 0.25) is 0 Å². The van der Waals surface area contributed by atoms with Gasteiger partial charge >= 0.3 is 18.2 Å². The van der Waals surface area contributed by atoms with Crippen LogP contribution < -0.4 is 26.6 Å². The number of benzene rings is 1. The number of carbonyl (C=O) groups excluding carboxylic acids is 6. The highest BCUT2D eigenvalue weighted by atomic mass is 16.6. The van der Waals surface area contributed by atoms with Crippen LogP contribution in [0.15, 0.2) is 42.5 Å². The molecule has 0 aliphatic carbocycles. The molecule has 1 aliphatic heterocycles. The fraction of sp³-hybridized carbons (Fsp3) is 0.611. The van der Waals surface area contributed by atoms with Gasteiger partial charge in [-0.05, 0) is 77.7 Å². The molecule has 2 rings (SSSR count). The first-order chi connectivity index (χ1) is 23.7. The minimum absolute atomic E-state index is 0.00107. The van der Waals surface area contributed by atoms with E-state index in [0.29, 0.717) is 32.4 Å². The summed E-state index contributed by atoms with van der Waals surface area (Å²) in [4.78, 5) is 76.5. The Morgan fingerprint density at radius 3 is 2.26 bits per heavy atom. The zero-order valence-electron chi connectivity index (χ0n) is 30.2. The minimum atomic E-state index is -1.05. The second-order valence-corrected chi connectivity index (χ2v) is 13.6. The van der Waals surface area contributed by atoms with Crippen molar-refractivity contribution in [2.24, 2.45) is 11.8 Å². The van der Waals surface area contributed by atoms with Crippen LogP contribution in [0.25, 0.3) is 0 Å². The summed E-state index contributed by atoms with van der Waals surface area (Å²) in [5.74, 6) is -2.15. The van der Waals surface area contributed by atoms with E-state index in [4.69, 9.17) is 14.2 Å². The summed E-state index contributed by atoms with van der Waals surface area (Å²) in [5, 5.41) is 13.8. The summed E-state index contributed by atoms with van der Waals surface area (Å²) < 4.78 is 15.6. The number of ether oxygens (including phenoxy) is 3. The van der Waals surface area contributed by atoms with E-state index in [1.165, 1.54) is 12.2 Å². The number of unbranched alkanes of at least 4 members (excludes halogenated alkanes) is 1. The van der Waals surface area contributed by atoms with Crippen molar-refractivity contribution in [1.82, 2.24) is 26.6 Å². The van der Waals surface area contributed by atoms with Gasteiger partial charge in [0, 0.05) is 31.1 Å². The van der Waals surface area contributed by atoms with Gasteiger partial charge in [0.25, 0.3) is 0 Å². The number of hydrogen-bond acceptors (Lipinski definition) is 9. The number of alkyl carbamates (subject to hydrolysis) is 2. The lowest BCUT2D eigenvalue weighted by atomic mass is 9.96. The first kappa shape index (κ1) is 41.6. The monoisotopic (exact) mass is 701 g/mol. The molecule has 1 aromatic carbocycles. The van der Waals surface area contributed by atoms with Crippen LogP contribution in [0.1, 0.15) is 85.6 Å². The second-order valence-electron chi connectivity index (χ2n) is 13.6. The van der Waals surface area contributed by atoms with E-state index < -0.39 is 53.7 Å². The van der Waals surface area contributed by atoms with Gasteiger partial charge in [0.15, 0.2) is 0 Å². The molecule has 0 radical (unpaired) electrons. The smallest absolute Gasteiger partial charge is 0.408 e. The van der Waals surface area contributed by atoms with Crippen molar-refractivity contribution in [1.29, 1.82) is 0 Å². The molecule has 278 valence electrons. The third-order valence-electron chi connectivity index (χ3n) is 7.53. The van der Waals surface area contributed by atoms with E-state index in [1.807, 2.05) is 32.0 Å². The van der Waals surface area contributed by atoms with E-state index in [0.717, 1.165) is 5.56 Å². The Morgan fingerprint density at radius 2 is 1.64 bits per heavy atom. The Balaban J connectivity index is 2.15. The van der Waals surface area contributed by atoms with Crippen molar-refractivity contribution < 1.29 is 43.0 Å². The SMILES string of the molecule is CCOC(=O)C=C[C@H](C[C@@H]1CCNC1=O)NC(=O)[C@H](CC(C)C)NC(=O)[C@H](CCCCNC(=O)OC(C)(C)C)NC(=O)OCc1ccccc1. The van der Waals surface area contributed by atoms with Crippen molar-refractivity contribution in [3.8, 4) is 0 Å². The molecular formula is C36H55N5O9. The lowest BCUT2D eigenvalue weighted by molar-refractivity contribution is -0.137. The van der Waals surface area contributed by atoms with E-state index in [-0.39, 0.29) is 50.2 Å². The van der Waals surface area contributed by atoms with Crippen LogP contribution in [0.5, 0.6) is 0 Å². The van der Waals surface area contributed by atoms with Crippen LogP contribution >= 0.6 is 0 Å². The quantitative estimate of drug-likeness (QED) is 0.0621. The number of rotatable bonds is 19.